The number of aliphatic hydroxyl groups excluding tert-OH is 1. The number of hydrogen-bond donors (Lipinski definition) is 3. The number of benzene rings is 1. The normalized spacial score (nSPS) is 17.7. The molecule has 2 heterocycles. The van der Waals surface area contributed by atoms with Gasteiger partial charge in [-0.05, 0) is 31.9 Å². The SMILES string of the molecule is CC(O)CCCOc1sncc1N1C(C(N)=O)=C(N)SC1c1c(F)cccc1F. The van der Waals surface area contributed by atoms with Gasteiger partial charge in [-0.15, -0.1) is 0 Å². The average molecular weight is 443 g/mol. The van der Waals surface area contributed by atoms with Crippen LogP contribution in [0.1, 0.15) is 30.7 Å². The highest BCUT2D eigenvalue weighted by molar-refractivity contribution is 8.03. The van der Waals surface area contributed by atoms with Crippen molar-refractivity contribution in [3.63, 3.8) is 0 Å². The van der Waals surface area contributed by atoms with Crippen LogP contribution in [0.5, 0.6) is 5.06 Å². The Morgan fingerprint density at radius 2 is 2.10 bits per heavy atom. The Labute approximate surface area is 174 Å². The lowest BCUT2D eigenvalue weighted by atomic mass is 10.1. The van der Waals surface area contributed by atoms with E-state index in [0.717, 1.165) is 35.4 Å². The maximum Gasteiger partial charge on any atom is 0.268 e. The first-order valence-electron chi connectivity index (χ1n) is 8.76. The molecular formula is C18H20F2N4O3S2. The third kappa shape index (κ3) is 4.46. The summed E-state index contributed by atoms with van der Waals surface area (Å²) in [5, 5.41) is 8.77. The number of anilines is 1. The zero-order valence-corrected chi connectivity index (χ0v) is 17.1. The molecule has 1 aromatic heterocycles. The number of nitrogens with two attached hydrogens (primary N) is 2. The Bertz CT molecular complexity index is 915. The molecule has 29 heavy (non-hydrogen) atoms. The maximum absolute atomic E-state index is 14.5. The van der Waals surface area contributed by atoms with Gasteiger partial charge in [0.25, 0.3) is 5.91 Å². The molecule has 2 atom stereocenters. The molecule has 1 aliphatic rings. The predicted octanol–water partition coefficient (Wildman–Crippen LogP) is 2.83. The number of aromatic nitrogens is 1. The average Bonchev–Trinajstić information content (AvgIpc) is 3.22. The van der Waals surface area contributed by atoms with Gasteiger partial charge in [0.15, 0.2) is 0 Å². The number of thioether (sulfide) groups is 1. The van der Waals surface area contributed by atoms with Crippen LogP contribution in [0.4, 0.5) is 14.5 Å². The van der Waals surface area contributed by atoms with Crippen molar-refractivity contribution in [3.8, 4) is 5.06 Å². The van der Waals surface area contributed by atoms with Gasteiger partial charge in [0, 0.05) is 11.5 Å². The zero-order chi connectivity index (χ0) is 21.1. The number of amides is 1. The second kappa shape index (κ2) is 8.97. The van der Waals surface area contributed by atoms with E-state index in [9.17, 15) is 18.7 Å². The van der Waals surface area contributed by atoms with Crippen LogP contribution >= 0.6 is 23.3 Å². The van der Waals surface area contributed by atoms with E-state index < -0.39 is 29.0 Å². The third-order valence-corrected chi connectivity index (χ3v) is 6.03. The summed E-state index contributed by atoms with van der Waals surface area (Å²) in [5.74, 6) is -2.37. The van der Waals surface area contributed by atoms with E-state index in [1.807, 2.05) is 0 Å². The molecule has 1 amide bonds. The molecular weight excluding hydrogens is 422 g/mol. The summed E-state index contributed by atoms with van der Waals surface area (Å²) in [4.78, 5) is 13.4. The molecule has 11 heteroatoms. The van der Waals surface area contributed by atoms with Crippen LogP contribution < -0.4 is 21.1 Å². The van der Waals surface area contributed by atoms with E-state index >= 15 is 0 Å². The summed E-state index contributed by atoms with van der Waals surface area (Å²) < 4.78 is 38.8. The van der Waals surface area contributed by atoms with E-state index in [1.54, 1.807) is 6.92 Å². The number of primary amides is 1. The minimum Gasteiger partial charge on any atom is -0.481 e. The van der Waals surface area contributed by atoms with Crippen molar-refractivity contribution in [2.45, 2.75) is 31.2 Å². The van der Waals surface area contributed by atoms with Gasteiger partial charge in [0.05, 0.1) is 29.5 Å². The standard InChI is InChI=1S/C18H20F2N4O3S2/c1-9(25)4-3-7-27-18-12(8-23-29-18)24-14(15(21)26)16(22)28-17(24)13-10(19)5-2-6-11(13)20/h2,5-6,8-9,17,25H,3-4,7,22H2,1H3,(H2,21,26). The molecule has 2 unspecified atom stereocenters. The van der Waals surface area contributed by atoms with Crippen LogP contribution in [0, 0.1) is 11.6 Å². The van der Waals surface area contributed by atoms with E-state index in [1.165, 1.54) is 17.2 Å². The van der Waals surface area contributed by atoms with Gasteiger partial charge in [-0.3, -0.25) is 4.79 Å². The Morgan fingerprint density at radius 1 is 1.41 bits per heavy atom. The van der Waals surface area contributed by atoms with E-state index in [4.69, 9.17) is 16.2 Å². The lowest BCUT2D eigenvalue weighted by molar-refractivity contribution is -0.114. The fourth-order valence-corrected chi connectivity index (χ4v) is 4.76. The predicted molar refractivity (Wildman–Crippen MR) is 108 cm³/mol. The molecule has 0 aliphatic carbocycles. The number of aliphatic hydroxyl groups is 1. The summed E-state index contributed by atoms with van der Waals surface area (Å²) in [6, 6.07) is 3.52. The first kappa shape index (κ1) is 21.3. The summed E-state index contributed by atoms with van der Waals surface area (Å²) in [6.07, 6.45) is 2.13. The summed E-state index contributed by atoms with van der Waals surface area (Å²) in [7, 11) is 0. The molecule has 0 saturated heterocycles. The monoisotopic (exact) mass is 442 g/mol. The molecule has 156 valence electrons. The molecule has 3 rings (SSSR count). The molecule has 1 aromatic carbocycles. The summed E-state index contributed by atoms with van der Waals surface area (Å²) in [5.41, 5.74) is 11.5. The lowest BCUT2D eigenvalue weighted by Crippen LogP contribution is -2.31. The number of carbonyl (C=O) groups is 1. The number of carbonyl (C=O) groups excluding carboxylic acids is 1. The Kier molecular flexibility index (Phi) is 6.60. The highest BCUT2D eigenvalue weighted by Crippen LogP contribution is 2.52. The molecule has 0 radical (unpaired) electrons. The topological polar surface area (TPSA) is 115 Å². The smallest absolute Gasteiger partial charge is 0.268 e. The molecule has 5 N–H and O–H groups in total. The first-order chi connectivity index (χ1) is 13.8. The Balaban J connectivity index is 1.97. The number of nitrogens with zero attached hydrogens (tertiary/aromatic N) is 2. The quantitative estimate of drug-likeness (QED) is 0.539. The minimum atomic E-state index is -0.991. The van der Waals surface area contributed by atoms with Crippen molar-refractivity contribution < 1.29 is 23.4 Å². The van der Waals surface area contributed by atoms with Crippen LogP contribution in [-0.2, 0) is 4.79 Å². The second-order valence-corrected chi connectivity index (χ2v) is 8.28. The summed E-state index contributed by atoms with van der Waals surface area (Å²) in [6.45, 7) is 1.98. The summed E-state index contributed by atoms with van der Waals surface area (Å²) >= 11 is 1.95. The van der Waals surface area contributed by atoms with Crippen molar-refractivity contribution in [2.24, 2.45) is 11.5 Å². The largest absolute Gasteiger partial charge is 0.481 e. The molecule has 2 aromatic rings. The highest BCUT2D eigenvalue weighted by atomic mass is 32.2. The third-order valence-electron chi connectivity index (χ3n) is 4.21. The van der Waals surface area contributed by atoms with Crippen LogP contribution in [-0.4, -0.2) is 28.1 Å². The van der Waals surface area contributed by atoms with Gasteiger partial charge in [0.1, 0.15) is 28.4 Å². The van der Waals surface area contributed by atoms with E-state index in [-0.39, 0.29) is 16.3 Å². The van der Waals surface area contributed by atoms with Gasteiger partial charge < -0.3 is 26.2 Å². The van der Waals surface area contributed by atoms with Crippen molar-refractivity contribution in [1.82, 2.24) is 4.37 Å². The Hall–Kier alpha value is -2.37. The van der Waals surface area contributed by atoms with Crippen molar-refractivity contribution >= 4 is 34.9 Å². The molecule has 0 fully saturated rings. The highest BCUT2D eigenvalue weighted by Gasteiger charge is 2.41. The minimum absolute atomic E-state index is 0.0522. The molecule has 0 spiro atoms. The number of hydrogen-bond acceptors (Lipinski definition) is 8. The molecule has 7 nitrogen and oxygen atoms in total. The lowest BCUT2D eigenvalue weighted by Gasteiger charge is -2.27. The molecule has 1 aliphatic heterocycles. The van der Waals surface area contributed by atoms with Gasteiger partial charge >= 0.3 is 0 Å². The van der Waals surface area contributed by atoms with Crippen LogP contribution in [0.2, 0.25) is 0 Å². The number of ether oxygens (including phenoxy) is 1. The Morgan fingerprint density at radius 3 is 2.72 bits per heavy atom. The van der Waals surface area contributed by atoms with Gasteiger partial charge in [-0.2, -0.15) is 4.37 Å². The number of rotatable bonds is 8. The van der Waals surface area contributed by atoms with E-state index in [0.29, 0.717) is 30.2 Å². The van der Waals surface area contributed by atoms with Gasteiger partial charge in [-0.1, -0.05) is 17.8 Å². The molecule has 0 saturated carbocycles. The van der Waals surface area contributed by atoms with Crippen LogP contribution in [0.3, 0.4) is 0 Å². The molecule has 0 bridgehead atoms. The maximum atomic E-state index is 14.5. The second-order valence-electron chi connectivity index (χ2n) is 6.39. The fourth-order valence-electron chi connectivity index (χ4n) is 2.91. The van der Waals surface area contributed by atoms with Crippen LogP contribution in [0.15, 0.2) is 35.1 Å². The van der Waals surface area contributed by atoms with E-state index in [2.05, 4.69) is 4.37 Å². The fraction of sp³-hybridized carbons (Fsp3) is 0.333. The number of halogens is 2. The van der Waals surface area contributed by atoms with Gasteiger partial charge in [-0.25, -0.2) is 8.78 Å². The van der Waals surface area contributed by atoms with Crippen molar-refractivity contribution in [2.75, 3.05) is 11.5 Å². The van der Waals surface area contributed by atoms with Gasteiger partial charge in [0.2, 0.25) is 5.06 Å². The van der Waals surface area contributed by atoms with Crippen molar-refractivity contribution in [3.05, 3.63) is 52.3 Å². The van der Waals surface area contributed by atoms with Crippen molar-refractivity contribution in [1.29, 1.82) is 0 Å². The first-order valence-corrected chi connectivity index (χ1v) is 10.4. The van der Waals surface area contributed by atoms with Crippen LogP contribution in [0.25, 0.3) is 0 Å². The zero-order valence-electron chi connectivity index (χ0n) is 15.5.